The summed E-state index contributed by atoms with van der Waals surface area (Å²) in [5.41, 5.74) is 2.68. The average Bonchev–Trinajstić information content (AvgIpc) is 2.35. The Morgan fingerprint density at radius 3 is 2.17 bits per heavy atom. The van der Waals surface area contributed by atoms with Gasteiger partial charge in [-0.1, -0.05) is 45.0 Å². The van der Waals surface area contributed by atoms with E-state index in [2.05, 4.69) is 57.3 Å². The molecule has 1 aromatic rings. The van der Waals surface area contributed by atoms with Crippen LogP contribution in [0.3, 0.4) is 0 Å². The molecule has 0 saturated carbocycles. The number of hydrogen-bond donors (Lipinski definition) is 2. The molecule has 0 fully saturated rings. The quantitative estimate of drug-likeness (QED) is 0.777. The zero-order chi connectivity index (χ0) is 13.5. The zero-order valence-corrected chi connectivity index (χ0v) is 12.1. The summed E-state index contributed by atoms with van der Waals surface area (Å²) in [5, 5.41) is 12.6. The van der Waals surface area contributed by atoms with Crippen LogP contribution >= 0.6 is 0 Å². The first-order valence-electron chi connectivity index (χ1n) is 7.02. The molecular formula is C16H27NO. The van der Waals surface area contributed by atoms with Crippen molar-refractivity contribution in [2.24, 2.45) is 5.92 Å². The minimum atomic E-state index is 0.190. The van der Waals surface area contributed by atoms with Gasteiger partial charge in [-0.2, -0.15) is 0 Å². The molecule has 0 aromatic heterocycles. The molecule has 2 atom stereocenters. The first-order chi connectivity index (χ1) is 8.56. The Morgan fingerprint density at radius 1 is 1.11 bits per heavy atom. The second kappa shape index (κ2) is 7.55. The van der Waals surface area contributed by atoms with E-state index in [1.165, 1.54) is 11.1 Å². The summed E-state index contributed by atoms with van der Waals surface area (Å²) < 4.78 is 0. The molecule has 0 bridgehead atoms. The fourth-order valence-electron chi connectivity index (χ4n) is 2.16. The van der Waals surface area contributed by atoms with E-state index in [1.54, 1.807) is 0 Å². The molecule has 0 amide bonds. The van der Waals surface area contributed by atoms with E-state index in [1.807, 2.05) is 0 Å². The van der Waals surface area contributed by atoms with Crippen molar-refractivity contribution in [2.45, 2.75) is 52.6 Å². The predicted molar refractivity (Wildman–Crippen MR) is 77.7 cm³/mol. The lowest BCUT2D eigenvalue weighted by Crippen LogP contribution is -2.33. The topological polar surface area (TPSA) is 32.3 Å². The first-order valence-corrected chi connectivity index (χ1v) is 7.02. The van der Waals surface area contributed by atoms with Gasteiger partial charge < -0.3 is 10.4 Å². The Morgan fingerprint density at radius 2 is 1.72 bits per heavy atom. The standard InChI is InChI=1S/C16H27NO/c1-5-16(11-18)17-13(4)15-8-6-14(7-9-15)10-12(2)3/h6-9,12-13,16-18H,5,10-11H2,1-4H3. The van der Waals surface area contributed by atoms with Crippen LogP contribution in [0.1, 0.15) is 51.3 Å². The number of rotatable bonds is 7. The van der Waals surface area contributed by atoms with Crippen LogP contribution in [0.2, 0.25) is 0 Å². The van der Waals surface area contributed by atoms with Crippen molar-refractivity contribution in [3.8, 4) is 0 Å². The Labute approximate surface area is 111 Å². The molecule has 18 heavy (non-hydrogen) atoms. The predicted octanol–water partition coefficient (Wildman–Crippen LogP) is 3.31. The van der Waals surface area contributed by atoms with Gasteiger partial charge in [0.1, 0.15) is 0 Å². The molecule has 2 N–H and O–H groups in total. The minimum Gasteiger partial charge on any atom is -0.395 e. The summed E-state index contributed by atoms with van der Waals surface area (Å²) in [6.45, 7) is 8.92. The van der Waals surface area contributed by atoms with E-state index in [0.717, 1.165) is 12.8 Å². The molecular weight excluding hydrogens is 222 g/mol. The summed E-state index contributed by atoms with van der Waals surface area (Å²) in [6.07, 6.45) is 2.09. The van der Waals surface area contributed by atoms with Crippen LogP contribution in [0.5, 0.6) is 0 Å². The van der Waals surface area contributed by atoms with Crippen molar-refractivity contribution in [2.75, 3.05) is 6.61 Å². The molecule has 2 heteroatoms. The first kappa shape index (κ1) is 15.2. The maximum atomic E-state index is 9.20. The zero-order valence-electron chi connectivity index (χ0n) is 12.1. The van der Waals surface area contributed by atoms with Gasteiger partial charge in [0, 0.05) is 12.1 Å². The van der Waals surface area contributed by atoms with Crippen molar-refractivity contribution in [1.82, 2.24) is 5.32 Å². The monoisotopic (exact) mass is 249 g/mol. The smallest absolute Gasteiger partial charge is 0.0584 e. The number of benzene rings is 1. The van der Waals surface area contributed by atoms with Crippen LogP contribution in [0.25, 0.3) is 0 Å². The molecule has 0 radical (unpaired) electrons. The van der Waals surface area contributed by atoms with E-state index in [-0.39, 0.29) is 18.7 Å². The van der Waals surface area contributed by atoms with Gasteiger partial charge in [-0.15, -0.1) is 0 Å². The summed E-state index contributed by atoms with van der Waals surface area (Å²) >= 11 is 0. The molecule has 0 aliphatic rings. The Balaban J connectivity index is 2.61. The fraction of sp³-hybridized carbons (Fsp3) is 0.625. The molecule has 0 aliphatic carbocycles. The minimum absolute atomic E-state index is 0.190. The maximum absolute atomic E-state index is 9.20. The molecule has 2 unspecified atom stereocenters. The van der Waals surface area contributed by atoms with E-state index in [0.29, 0.717) is 5.92 Å². The van der Waals surface area contributed by atoms with Crippen LogP contribution < -0.4 is 5.32 Å². The van der Waals surface area contributed by atoms with Crippen molar-refractivity contribution in [1.29, 1.82) is 0 Å². The second-order valence-electron chi connectivity index (χ2n) is 5.52. The lowest BCUT2D eigenvalue weighted by molar-refractivity contribution is 0.230. The van der Waals surface area contributed by atoms with Gasteiger partial charge in [-0.25, -0.2) is 0 Å². The van der Waals surface area contributed by atoms with Gasteiger partial charge in [0.15, 0.2) is 0 Å². The fourth-order valence-corrected chi connectivity index (χ4v) is 2.16. The molecule has 1 rings (SSSR count). The molecule has 2 nitrogen and oxygen atoms in total. The van der Waals surface area contributed by atoms with Gasteiger partial charge in [0.25, 0.3) is 0 Å². The van der Waals surface area contributed by atoms with Crippen LogP contribution in [0, 0.1) is 5.92 Å². The third-order valence-corrected chi connectivity index (χ3v) is 3.32. The van der Waals surface area contributed by atoms with Crippen LogP contribution in [-0.4, -0.2) is 17.8 Å². The number of hydrogen-bond acceptors (Lipinski definition) is 2. The number of aliphatic hydroxyl groups is 1. The highest BCUT2D eigenvalue weighted by atomic mass is 16.3. The highest BCUT2D eigenvalue weighted by molar-refractivity contribution is 5.25. The van der Waals surface area contributed by atoms with Crippen LogP contribution in [0.4, 0.5) is 0 Å². The third-order valence-electron chi connectivity index (χ3n) is 3.32. The summed E-state index contributed by atoms with van der Waals surface area (Å²) in [5.74, 6) is 0.699. The van der Waals surface area contributed by atoms with Gasteiger partial charge in [-0.05, 0) is 36.8 Å². The van der Waals surface area contributed by atoms with Crippen molar-refractivity contribution in [3.05, 3.63) is 35.4 Å². The molecule has 0 heterocycles. The average molecular weight is 249 g/mol. The lowest BCUT2D eigenvalue weighted by atomic mass is 9.99. The highest BCUT2D eigenvalue weighted by Gasteiger charge is 2.10. The van der Waals surface area contributed by atoms with E-state index < -0.39 is 0 Å². The largest absolute Gasteiger partial charge is 0.395 e. The number of aliphatic hydroxyl groups excluding tert-OH is 1. The van der Waals surface area contributed by atoms with Crippen molar-refractivity contribution < 1.29 is 5.11 Å². The maximum Gasteiger partial charge on any atom is 0.0584 e. The highest BCUT2D eigenvalue weighted by Crippen LogP contribution is 2.16. The van der Waals surface area contributed by atoms with Gasteiger partial charge in [0.2, 0.25) is 0 Å². The van der Waals surface area contributed by atoms with Crippen molar-refractivity contribution in [3.63, 3.8) is 0 Å². The molecule has 0 saturated heterocycles. The SMILES string of the molecule is CCC(CO)NC(C)c1ccc(CC(C)C)cc1. The lowest BCUT2D eigenvalue weighted by Gasteiger charge is -2.21. The Hall–Kier alpha value is -0.860. The van der Waals surface area contributed by atoms with Crippen LogP contribution in [-0.2, 0) is 6.42 Å². The molecule has 0 aliphatic heterocycles. The molecule has 102 valence electrons. The second-order valence-corrected chi connectivity index (χ2v) is 5.52. The summed E-state index contributed by atoms with van der Waals surface area (Å²) in [7, 11) is 0. The Bertz CT molecular complexity index is 327. The summed E-state index contributed by atoms with van der Waals surface area (Å²) in [6, 6.07) is 9.30. The van der Waals surface area contributed by atoms with E-state index in [4.69, 9.17) is 0 Å². The third kappa shape index (κ3) is 4.79. The molecule has 1 aromatic carbocycles. The van der Waals surface area contributed by atoms with Crippen LogP contribution in [0.15, 0.2) is 24.3 Å². The summed E-state index contributed by atoms with van der Waals surface area (Å²) in [4.78, 5) is 0. The van der Waals surface area contributed by atoms with Gasteiger partial charge in [0.05, 0.1) is 6.61 Å². The van der Waals surface area contributed by atoms with Gasteiger partial charge in [-0.3, -0.25) is 0 Å². The van der Waals surface area contributed by atoms with Gasteiger partial charge >= 0.3 is 0 Å². The number of nitrogens with one attached hydrogen (secondary N) is 1. The normalized spacial score (nSPS) is 14.8. The van der Waals surface area contributed by atoms with Crippen molar-refractivity contribution >= 4 is 0 Å². The van der Waals surface area contributed by atoms with E-state index >= 15 is 0 Å². The van der Waals surface area contributed by atoms with E-state index in [9.17, 15) is 5.11 Å². The Kier molecular flexibility index (Phi) is 6.37. The molecule has 0 spiro atoms.